The van der Waals surface area contributed by atoms with Crippen LogP contribution in [0.15, 0.2) is 85.2 Å². The van der Waals surface area contributed by atoms with E-state index >= 15 is 0 Å². The molecule has 0 atom stereocenters. The van der Waals surface area contributed by atoms with E-state index in [0.29, 0.717) is 6.42 Å². The predicted molar refractivity (Wildman–Crippen MR) is 114 cm³/mol. The highest BCUT2D eigenvalue weighted by Crippen LogP contribution is 2.22. The summed E-state index contributed by atoms with van der Waals surface area (Å²) in [6.07, 6.45) is 3.75. The van der Waals surface area contributed by atoms with Gasteiger partial charge in [0.05, 0.1) is 12.1 Å². The van der Waals surface area contributed by atoms with Crippen molar-refractivity contribution in [2.24, 2.45) is 0 Å². The van der Waals surface area contributed by atoms with Gasteiger partial charge in [0.15, 0.2) is 0 Å². The van der Waals surface area contributed by atoms with Crippen LogP contribution in [0.2, 0.25) is 0 Å². The maximum atomic E-state index is 12.5. The molecule has 0 radical (unpaired) electrons. The van der Waals surface area contributed by atoms with Crippen molar-refractivity contribution in [3.05, 3.63) is 96.4 Å². The van der Waals surface area contributed by atoms with Crippen LogP contribution in [-0.4, -0.2) is 21.1 Å². The number of carbonyl (C=O) groups excluding carboxylic acids is 1. The third-order valence-electron chi connectivity index (χ3n) is 4.56. The summed E-state index contributed by atoms with van der Waals surface area (Å²) in [4.78, 5) is 16.7. The van der Waals surface area contributed by atoms with Crippen molar-refractivity contribution in [3.8, 4) is 22.4 Å². The molecule has 4 aromatic rings. The van der Waals surface area contributed by atoms with Crippen molar-refractivity contribution in [3.63, 3.8) is 0 Å². The lowest BCUT2D eigenvalue weighted by Crippen LogP contribution is -2.14. The van der Waals surface area contributed by atoms with Crippen molar-refractivity contribution in [2.45, 2.75) is 13.3 Å². The highest BCUT2D eigenvalue weighted by Gasteiger charge is 2.07. The number of anilines is 1. The van der Waals surface area contributed by atoms with Gasteiger partial charge in [0, 0.05) is 29.3 Å². The Morgan fingerprint density at radius 3 is 2.45 bits per heavy atom. The van der Waals surface area contributed by atoms with E-state index in [-0.39, 0.29) is 5.91 Å². The molecule has 0 saturated heterocycles. The lowest BCUT2D eigenvalue weighted by atomic mass is 10.0. The van der Waals surface area contributed by atoms with E-state index in [1.54, 1.807) is 12.4 Å². The summed E-state index contributed by atoms with van der Waals surface area (Å²) in [6, 6.07) is 23.4. The number of aryl methyl sites for hydroxylation is 1. The Balaban J connectivity index is 1.43. The van der Waals surface area contributed by atoms with E-state index in [2.05, 4.69) is 20.5 Å². The van der Waals surface area contributed by atoms with Gasteiger partial charge in [-0.15, -0.1) is 0 Å². The summed E-state index contributed by atoms with van der Waals surface area (Å²) in [5, 5.41) is 10.9. The highest BCUT2D eigenvalue weighted by atomic mass is 16.1. The van der Waals surface area contributed by atoms with Crippen LogP contribution in [0.1, 0.15) is 11.3 Å². The van der Waals surface area contributed by atoms with E-state index in [1.165, 1.54) is 0 Å². The molecule has 0 spiro atoms. The SMILES string of the molecule is Cc1cc(-c2cccc(CC(=O)Nc3ccc(-c4cccnn4)cc3)c2)ccn1. The molecule has 0 aliphatic heterocycles. The second kappa shape index (κ2) is 8.44. The lowest BCUT2D eigenvalue weighted by Gasteiger charge is -2.08. The molecule has 2 heterocycles. The number of pyridine rings is 1. The minimum Gasteiger partial charge on any atom is -0.326 e. The number of aromatic nitrogens is 3. The molecule has 29 heavy (non-hydrogen) atoms. The van der Waals surface area contributed by atoms with Gasteiger partial charge in [-0.05, 0) is 60.0 Å². The zero-order valence-corrected chi connectivity index (χ0v) is 16.0. The van der Waals surface area contributed by atoms with Gasteiger partial charge in [0.1, 0.15) is 0 Å². The maximum absolute atomic E-state index is 12.5. The molecule has 0 unspecified atom stereocenters. The van der Waals surface area contributed by atoms with Gasteiger partial charge >= 0.3 is 0 Å². The maximum Gasteiger partial charge on any atom is 0.228 e. The number of nitrogens with zero attached hydrogens (tertiary/aromatic N) is 3. The van der Waals surface area contributed by atoms with Crippen molar-refractivity contribution in [1.29, 1.82) is 0 Å². The number of rotatable bonds is 5. The zero-order chi connectivity index (χ0) is 20.1. The van der Waals surface area contributed by atoms with Gasteiger partial charge in [-0.25, -0.2) is 0 Å². The summed E-state index contributed by atoms with van der Waals surface area (Å²) >= 11 is 0. The normalized spacial score (nSPS) is 10.5. The van der Waals surface area contributed by atoms with Crippen LogP contribution in [0.4, 0.5) is 5.69 Å². The second-order valence-electron chi connectivity index (χ2n) is 6.80. The average molecular weight is 380 g/mol. The number of hydrogen-bond donors (Lipinski definition) is 1. The Morgan fingerprint density at radius 1 is 0.862 bits per heavy atom. The number of nitrogens with one attached hydrogen (secondary N) is 1. The monoisotopic (exact) mass is 380 g/mol. The Morgan fingerprint density at radius 2 is 1.69 bits per heavy atom. The molecule has 5 nitrogen and oxygen atoms in total. The van der Waals surface area contributed by atoms with Crippen molar-refractivity contribution < 1.29 is 4.79 Å². The van der Waals surface area contributed by atoms with E-state index in [9.17, 15) is 4.79 Å². The fourth-order valence-corrected chi connectivity index (χ4v) is 3.16. The minimum atomic E-state index is -0.0553. The Bertz CT molecular complexity index is 1120. The van der Waals surface area contributed by atoms with Crippen LogP contribution in [0.25, 0.3) is 22.4 Å². The van der Waals surface area contributed by atoms with E-state index in [0.717, 1.165) is 39.3 Å². The van der Waals surface area contributed by atoms with E-state index in [1.807, 2.05) is 79.7 Å². The minimum absolute atomic E-state index is 0.0553. The fraction of sp³-hybridized carbons (Fsp3) is 0.0833. The quantitative estimate of drug-likeness (QED) is 0.545. The lowest BCUT2D eigenvalue weighted by molar-refractivity contribution is -0.115. The summed E-state index contributed by atoms with van der Waals surface area (Å²) in [5.41, 5.74) is 6.61. The van der Waals surface area contributed by atoms with Gasteiger partial charge in [-0.2, -0.15) is 10.2 Å². The molecule has 1 amide bonds. The molecular weight excluding hydrogens is 360 g/mol. The molecule has 0 aliphatic carbocycles. The number of amides is 1. The number of carbonyl (C=O) groups is 1. The Hall–Kier alpha value is -3.86. The molecule has 0 bridgehead atoms. The summed E-state index contributed by atoms with van der Waals surface area (Å²) in [5.74, 6) is -0.0553. The van der Waals surface area contributed by atoms with Crippen LogP contribution in [0, 0.1) is 6.92 Å². The first kappa shape index (κ1) is 18.5. The fourth-order valence-electron chi connectivity index (χ4n) is 3.16. The van der Waals surface area contributed by atoms with Gasteiger partial charge in [-0.3, -0.25) is 9.78 Å². The second-order valence-corrected chi connectivity index (χ2v) is 6.80. The first-order chi connectivity index (χ1) is 14.2. The van der Waals surface area contributed by atoms with Gasteiger partial charge < -0.3 is 5.32 Å². The first-order valence-corrected chi connectivity index (χ1v) is 9.37. The van der Waals surface area contributed by atoms with Crippen LogP contribution in [-0.2, 0) is 11.2 Å². The summed E-state index contributed by atoms with van der Waals surface area (Å²) in [6.45, 7) is 1.97. The molecule has 2 aromatic heterocycles. The standard InChI is InChI=1S/C24H20N4O/c1-17-14-21(11-13-25-17)20-5-2-4-18(15-20)16-24(29)27-22-9-7-19(8-10-22)23-6-3-12-26-28-23/h2-15H,16H2,1H3,(H,27,29). The molecule has 4 rings (SSSR count). The van der Waals surface area contributed by atoms with Gasteiger partial charge in [-0.1, -0.05) is 36.4 Å². The van der Waals surface area contributed by atoms with Crippen molar-refractivity contribution in [1.82, 2.24) is 15.2 Å². The van der Waals surface area contributed by atoms with Gasteiger partial charge in [0.2, 0.25) is 5.91 Å². The number of hydrogen-bond acceptors (Lipinski definition) is 4. The first-order valence-electron chi connectivity index (χ1n) is 9.37. The predicted octanol–water partition coefficient (Wildman–Crippen LogP) is 4.70. The van der Waals surface area contributed by atoms with Crippen molar-refractivity contribution >= 4 is 11.6 Å². The molecule has 0 saturated carbocycles. The van der Waals surface area contributed by atoms with E-state index < -0.39 is 0 Å². The van der Waals surface area contributed by atoms with Gasteiger partial charge in [0.25, 0.3) is 0 Å². The summed E-state index contributed by atoms with van der Waals surface area (Å²) in [7, 11) is 0. The highest BCUT2D eigenvalue weighted by molar-refractivity contribution is 5.92. The molecule has 1 N–H and O–H groups in total. The van der Waals surface area contributed by atoms with Crippen LogP contribution < -0.4 is 5.32 Å². The third-order valence-corrected chi connectivity index (χ3v) is 4.56. The topological polar surface area (TPSA) is 67.8 Å². The molecule has 5 heteroatoms. The average Bonchev–Trinajstić information content (AvgIpc) is 2.75. The third kappa shape index (κ3) is 4.71. The van der Waals surface area contributed by atoms with Crippen molar-refractivity contribution in [2.75, 3.05) is 5.32 Å². The summed E-state index contributed by atoms with van der Waals surface area (Å²) < 4.78 is 0. The molecule has 0 fully saturated rings. The Labute approximate surface area is 169 Å². The Kier molecular flexibility index (Phi) is 5.38. The molecule has 0 aliphatic rings. The molecule has 142 valence electrons. The molecular formula is C24H20N4O. The van der Waals surface area contributed by atoms with Crippen LogP contribution in [0.3, 0.4) is 0 Å². The van der Waals surface area contributed by atoms with Crippen LogP contribution >= 0.6 is 0 Å². The molecule has 2 aromatic carbocycles. The van der Waals surface area contributed by atoms with E-state index in [4.69, 9.17) is 0 Å². The largest absolute Gasteiger partial charge is 0.326 e. The van der Waals surface area contributed by atoms with Crippen LogP contribution in [0.5, 0.6) is 0 Å². The number of benzene rings is 2. The zero-order valence-electron chi connectivity index (χ0n) is 16.0. The smallest absolute Gasteiger partial charge is 0.228 e.